The first-order valence-electron chi connectivity index (χ1n) is 6.42. The number of rotatable bonds is 3. The average Bonchev–Trinajstić information content (AvgIpc) is 2.50. The largest absolute Gasteiger partial charge is 0.490 e. The van der Waals surface area contributed by atoms with Crippen molar-refractivity contribution in [3.8, 4) is 11.5 Å². The zero-order valence-electron chi connectivity index (χ0n) is 11.4. The van der Waals surface area contributed by atoms with Gasteiger partial charge in [0.15, 0.2) is 11.5 Å². The molecule has 1 aromatic rings. The van der Waals surface area contributed by atoms with Gasteiger partial charge in [-0.1, -0.05) is 0 Å². The third kappa shape index (κ3) is 4.13. The van der Waals surface area contributed by atoms with Gasteiger partial charge in [-0.25, -0.2) is 0 Å². The van der Waals surface area contributed by atoms with Crippen molar-refractivity contribution in [2.45, 2.75) is 32.2 Å². The third-order valence-corrected chi connectivity index (χ3v) is 2.65. The monoisotopic (exact) mass is 264 g/mol. The Balaban J connectivity index is 2.05. The van der Waals surface area contributed by atoms with E-state index in [0.29, 0.717) is 24.7 Å². The molecule has 104 valence electrons. The van der Waals surface area contributed by atoms with Gasteiger partial charge < -0.3 is 20.5 Å². The molecule has 0 unspecified atom stereocenters. The van der Waals surface area contributed by atoms with E-state index in [1.54, 1.807) is 12.1 Å². The molecule has 0 radical (unpaired) electrons. The summed E-state index contributed by atoms with van der Waals surface area (Å²) in [6.07, 6.45) is 1.12. The average molecular weight is 264 g/mol. The quantitative estimate of drug-likeness (QED) is 0.874. The first kappa shape index (κ1) is 13.7. The first-order valence-corrected chi connectivity index (χ1v) is 6.42. The molecule has 1 aliphatic heterocycles. The Morgan fingerprint density at radius 2 is 2.00 bits per heavy atom. The number of hydrogen-bond donors (Lipinski definition) is 2. The molecule has 2 rings (SSSR count). The predicted molar refractivity (Wildman–Crippen MR) is 73.6 cm³/mol. The fraction of sp³-hybridized carbons (Fsp3) is 0.500. The van der Waals surface area contributed by atoms with Crippen molar-refractivity contribution >= 4 is 11.6 Å². The highest BCUT2D eigenvalue weighted by Crippen LogP contribution is 2.32. The third-order valence-electron chi connectivity index (χ3n) is 2.65. The minimum atomic E-state index is -0.518. The van der Waals surface area contributed by atoms with Crippen LogP contribution in [0.25, 0.3) is 0 Å². The number of carbonyl (C=O) groups is 1. The van der Waals surface area contributed by atoms with Gasteiger partial charge in [-0.15, -0.1) is 0 Å². The molecule has 1 aliphatic rings. The molecule has 0 spiro atoms. The molecule has 5 nitrogen and oxygen atoms in total. The molecule has 1 heterocycles. The minimum Gasteiger partial charge on any atom is -0.490 e. The summed E-state index contributed by atoms with van der Waals surface area (Å²) in [5.41, 5.74) is 5.99. The van der Waals surface area contributed by atoms with Crippen LogP contribution in [0, 0.1) is 0 Å². The Morgan fingerprint density at radius 1 is 1.32 bits per heavy atom. The number of ether oxygens (including phenoxy) is 2. The number of hydrogen-bond acceptors (Lipinski definition) is 4. The molecular weight excluding hydrogens is 244 g/mol. The molecule has 0 saturated carbocycles. The topological polar surface area (TPSA) is 73.6 Å². The second-order valence-corrected chi connectivity index (χ2v) is 5.43. The van der Waals surface area contributed by atoms with Crippen molar-refractivity contribution in [1.29, 1.82) is 0 Å². The van der Waals surface area contributed by atoms with E-state index in [9.17, 15) is 4.79 Å². The number of fused-ring (bicyclic) bond motifs is 1. The molecule has 1 aromatic carbocycles. The summed E-state index contributed by atoms with van der Waals surface area (Å²) in [4.78, 5) is 11.8. The van der Waals surface area contributed by atoms with Crippen molar-refractivity contribution in [3.63, 3.8) is 0 Å². The summed E-state index contributed by atoms with van der Waals surface area (Å²) in [5, 5.41) is 2.81. The second kappa shape index (κ2) is 5.48. The molecule has 3 N–H and O–H groups in total. The van der Waals surface area contributed by atoms with Crippen molar-refractivity contribution in [2.75, 3.05) is 18.5 Å². The molecule has 5 heteroatoms. The van der Waals surface area contributed by atoms with E-state index in [-0.39, 0.29) is 12.3 Å². The van der Waals surface area contributed by atoms with Gasteiger partial charge in [-0.05, 0) is 26.0 Å². The van der Waals surface area contributed by atoms with Gasteiger partial charge in [0, 0.05) is 30.1 Å². The van der Waals surface area contributed by atoms with Crippen LogP contribution in [-0.4, -0.2) is 24.7 Å². The summed E-state index contributed by atoms with van der Waals surface area (Å²) in [6.45, 7) is 4.92. The lowest BCUT2D eigenvalue weighted by molar-refractivity contribution is -0.117. The SMILES string of the molecule is CC(C)(N)CC(=O)Nc1ccc2c(c1)OCCCO2. The zero-order chi connectivity index (χ0) is 13.9. The van der Waals surface area contributed by atoms with E-state index in [1.807, 2.05) is 19.9 Å². The fourth-order valence-electron chi connectivity index (χ4n) is 1.86. The Kier molecular flexibility index (Phi) is 3.95. The lowest BCUT2D eigenvalue weighted by atomic mass is 10.0. The summed E-state index contributed by atoms with van der Waals surface area (Å²) in [5.74, 6) is 1.28. The summed E-state index contributed by atoms with van der Waals surface area (Å²) in [7, 11) is 0. The van der Waals surface area contributed by atoms with Crippen LogP contribution in [-0.2, 0) is 4.79 Å². The van der Waals surface area contributed by atoms with E-state index < -0.39 is 5.54 Å². The number of nitrogens with one attached hydrogen (secondary N) is 1. The lowest BCUT2D eigenvalue weighted by Gasteiger charge is -2.18. The molecule has 0 saturated heterocycles. The Hall–Kier alpha value is -1.75. The summed E-state index contributed by atoms with van der Waals surface area (Å²) in [6, 6.07) is 5.39. The van der Waals surface area contributed by atoms with Gasteiger partial charge in [-0.3, -0.25) is 4.79 Å². The first-order chi connectivity index (χ1) is 8.94. The van der Waals surface area contributed by atoms with Crippen LogP contribution in [0.2, 0.25) is 0 Å². The molecule has 0 bridgehead atoms. The van der Waals surface area contributed by atoms with Crippen LogP contribution < -0.4 is 20.5 Å². The molecule has 0 atom stereocenters. The van der Waals surface area contributed by atoms with Crippen LogP contribution in [0.5, 0.6) is 11.5 Å². The Morgan fingerprint density at radius 3 is 2.68 bits per heavy atom. The summed E-state index contributed by atoms with van der Waals surface area (Å²) >= 11 is 0. The highest BCUT2D eigenvalue weighted by Gasteiger charge is 2.17. The van der Waals surface area contributed by atoms with Crippen LogP contribution >= 0.6 is 0 Å². The minimum absolute atomic E-state index is 0.109. The van der Waals surface area contributed by atoms with Gasteiger partial charge in [0.25, 0.3) is 0 Å². The smallest absolute Gasteiger partial charge is 0.226 e. The molecule has 1 amide bonds. The molecule has 0 aromatic heterocycles. The lowest BCUT2D eigenvalue weighted by Crippen LogP contribution is -2.36. The van der Waals surface area contributed by atoms with Crippen LogP contribution in [0.4, 0.5) is 5.69 Å². The normalized spacial score (nSPS) is 14.7. The van der Waals surface area contributed by atoms with Crippen molar-refractivity contribution in [2.24, 2.45) is 5.73 Å². The maximum absolute atomic E-state index is 11.8. The van der Waals surface area contributed by atoms with Crippen LogP contribution in [0.1, 0.15) is 26.7 Å². The number of amides is 1. The zero-order valence-corrected chi connectivity index (χ0v) is 11.4. The van der Waals surface area contributed by atoms with Crippen molar-refractivity contribution < 1.29 is 14.3 Å². The predicted octanol–water partition coefficient (Wildman–Crippen LogP) is 1.91. The number of carbonyl (C=O) groups excluding carboxylic acids is 1. The Bertz CT molecular complexity index is 466. The highest BCUT2D eigenvalue weighted by atomic mass is 16.5. The Labute approximate surface area is 113 Å². The van der Waals surface area contributed by atoms with E-state index in [2.05, 4.69) is 5.32 Å². The highest BCUT2D eigenvalue weighted by molar-refractivity contribution is 5.91. The van der Waals surface area contributed by atoms with Gasteiger partial charge in [0.05, 0.1) is 13.2 Å². The number of nitrogens with two attached hydrogens (primary N) is 1. The van der Waals surface area contributed by atoms with Crippen molar-refractivity contribution in [3.05, 3.63) is 18.2 Å². The summed E-state index contributed by atoms with van der Waals surface area (Å²) < 4.78 is 11.1. The van der Waals surface area contributed by atoms with Gasteiger partial charge in [0.1, 0.15) is 0 Å². The van der Waals surface area contributed by atoms with Crippen LogP contribution in [0.3, 0.4) is 0 Å². The van der Waals surface area contributed by atoms with Crippen molar-refractivity contribution in [1.82, 2.24) is 0 Å². The molecule has 0 fully saturated rings. The number of benzene rings is 1. The van der Waals surface area contributed by atoms with E-state index in [1.165, 1.54) is 0 Å². The molecule has 0 aliphatic carbocycles. The van der Waals surface area contributed by atoms with Gasteiger partial charge in [0.2, 0.25) is 5.91 Å². The maximum Gasteiger partial charge on any atom is 0.226 e. The van der Waals surface area contributed by atoms with Crippen LogP contribution in [0.15, 0.2) is 18.2 Å². The van der Waals surface area contributed by atoms with E-state index in [4.69, 9.17) is 15.2 Å². The molecule has 19 heavy (non-hydrogen) atoms. The van der Waals surface area contributed by atoms with E-state index >= 15 is 0 Å². The molecular formula is C14H20N2O3. The maximum atomic E-state index is 11.8. The second-order valence-electron chi connectivity index (χ2n) is 5.43. The van der Waals surface area contributed by atoms with E-state index in [0.717, 1.165) is 12.2 Å². The van der Waals surface area contributed by atoms with Gasteiger partial charge >= 0.3 is 0 Å². The fourth-order valence-corrected chi connectivity index (χ4v) is 1.86. The van der Waals surface area contributed by atoms with Gasteiger partial charge in [-0.2, -0.15) is 0 Å². The standard InChI is InChI=1S/C14H20N2O3/c1-14(2,15)9-13(17)16-10-4-5-11-12(8-10)19-7-3-6-18-11/h4-5,8H,3,6-7,9,15H2,1-2H3,(H,16,17). The number of anilines is 1.